The van der Waals surface area contributed by atoms with Crippen LogP contribution in [-0.4, -0.2) is 9.36 Å². The van der Waals surface area contributed by atoms with Gasteiger partial charge in [0, 0.05) is 18.5 Å². The smallest absolute Gasteiger partial charge is 0.139 e. The van der Waals surface area contributed by atoms with Gasteiger partial charge in [-0.1, -0.05) is 6.07 Å². The number of rotatable bonds is 3. The zero-order chi connectivity index (χ0) is 10.7. The summed E-state index contributed by atoms with van der Waals surface area (Å²) in [4.78, 5) is 4.08. The molecule has 3 N–H and O–H groups in total. The van der Waals surface area contributed by atoms with Gasteiger partial charge in [0.25, 0.3) is 0 Å². The molecule has 0 spiro atoms. The van der Waals surface area contributed by atoms with E-state index in [-0.39, 0.29) is 6.04 Å². The van der Waals surface area contributed by atoms with E-state index in [1.165, 1.54) is 11.5 Å². The average Bonchev–Trinajstić information content (AvgIpc) is 2.65. The summed E-state index contributed by atoms with van der Waals surface area (Å²) in [6, 6.07) is 6.00. The van der Waals surface area contributed by atoms with Gasteiger partial charge in [-0.15, -0.1) is 0 Å². The van der Waals surface area contributed by atoms with Crippen LogP contribution in [0.2, 0.25) is 0 Å². The molecule has 0 amide bonds. The molecule has 2 rings (SSSR count). The molecule has 5 heteroatoms. The van der Waals surface area contributed by atoms with Crippen molar-refractivity contribution in [3.05, 3.63) is 36.2 Å². The Bertz CT molecular complexity index is 426. The van der Waals surface area contributed by atoms with Crippen LogP contribution in [0.4, 0.5) is 10.8 Å². The molecule has 1 unspecified atom stereocenters. The minimum absolute atomic E-state index is 0.207. The summed E-state index contributed by atoms with van der Waals surface area (Å²) in [5.41, 5.74) is 6.68. The van der Waals surface area contributed by atoms with E-state index in [4.69, 9.17) is 5.73 Å². The quantitative estimate of drug-likeness (QED) is 0.833. The van der Waals surface area contributed by atoms with Crippen molar-refractivity contribution in [2.45, 2.75) is 13.0 Å². The number of nitrogens with zero attached hydrogens (tertiary/aromatic N) is 2. The van der Waals surface area contributed by atoms with Crippen molar-refractivity contribution in [1.29, 1.82) is 0 Å². The molecule has 0 saturated carbocycles. The Hall–Kier alpha value is -1.62. The maximum Gasteiger partial charge on any atom is 0.139 e. The predicted molar refractivity (Wildman–Crippen MR) is 62.8 cm³/mol. The number of anilines is 2. The summed E-state index contributed by atoms with van der Waals surface area (Å²) in [7, 11) is 0. The van der Waals surface area contributed by atoms with Gasteiger partial charge in [-0.25, -0.2) is 0 Å². The van der Waals surface area contributed by atoms with Crippen molar-refractivity contribution in [2.24, 2.45) is 0 Å². The topological polar surface area (TPSA) is 63.8 Å². The van der Waals surface area contributed by atoms with E-state index < -0.39 is 0 Å². The Kier molecular flexibility index (Phi) is 2.82. The second-order valence-corrected chi connectivity index (χ2v) is 4.07. The third kappa shape index (κ3) is 2.44. The number of nitrogens with one attached hydrogen (secondary N) is 1. The number of hydrogen-bond donors (Lipinski definition) is 2. The van der Waals surface area contributed by atoms with Crippen molar-refractivity contribution in [3.63, 3.8) is 0 Å². The van der Waals surface area contributed by atoms with E-state index in [0.717, 1.165) is 10.6 Å². The van der Waals surface area contributed by atoms with Crippen LogP contribution in [0.5, 0.6) is 0 Å². The van der Waals surface area contributed by atoms with E-state index >= 15 is 0 Å². The van der Waals surface area contributed by atoms with Crippen molar-refractivity contribution < 1.29 is 0 Å². The van der Waals surface area contributed by atoms with Crippen LogP contribution >= 0.6 is 11.5 Å². The average molecular weight is 220 g/mol. The Morgan fingerprint density at radius 2 is 2.40 bits per heavy atom. The summed E-state index contributed by atoms with van der Waals surface area (Å²) in [6.45, 7) is 2.08. The molecule has 15 heavy (non-hydrogen) atoms. The van der Waals surface area contributed by atoms with Gasteiger partial charge in [0.2, 0.25) is 0 Å². The Morgan fingerprint density at radius 1 is 1.53 bits per heavy atom. The summed E-state index contributed by atoms with van der Waals surface area (Å²) >= 11 is 1.37. The number of nitrogen functional groups attached to an aromatic ring is 1. The van der Waals surface area contributed by atoms with E-state index in [9.17, 15) is 0 Å². The van der Waals surface area contributed by atoms with E-state index in [0.29, 0.717) is 5.82 Å². The number of aromatic nitrogens is 2. The van der Waals surface area contributed by atoms with Gasteiger partial charge in [-0.3, -0.25) is 4.98 Å². The molecule has 0 saturated heterocycles. The van der Waals surface area contributed by atoms with Gasteiger partial charge in [0.05, 0.1) is 6.04 Å². The first-order valence-electron chi connectivity index (χ1n) is 4.64. The molecule has 0 aliphatic heterocycles. The number of pyridine rings is 1. The van der Waals surface area contributed by atoms with E-state index in [2.05, 4.69) is 21.6 Å². The molecule has 2 aromatic rings. The summed E-state index contributed by atoms with van der Waals surface area (Å²) < 4.78 is 4.00. The summed E-state index contributed by atoms with van der Waals surface area (Å²) in [6.07, 6.45) is 3.61. The summed E-state index contributed by atoms with van der Waals surface area (Å²) in [5, 5.41) is 4.29. The molecule has 4 nitrogen and oxygen atoms in total. The lowest BCUT2D eigenvalue weighted by Crippen LogP contribution is -2.05. The normalized spacial score (nSPS) is 12.3. The van der Waals surface area contributed by atoms with Crippen molar-refractivity contribution in [3.8, 4) is 0 Å². The molecular formula is C10H12N4S. The number of nitrogens with two attached hydrogens (primary N) is 1. The molecule has 0 aromatic carbocycles. The monoisotopic (exact) mass is 220 g/mol. The van der Waals surface area contributed by atoms with E-state index in [1.54, 1.807) is 6.20 Å². The van der Waals surface area contributed by atoms with Crippen molar-refractivity contribution in [1.82, 2.24) is 9.36 Å². The van der Waals surface area contributed by atoms with Crippen LogP contribution in [0.15, 0.2) is 30.6 Å². The lowest BCUT2D eigenvalue weighted by Gasteiger charge is -2.12. The first-order chi connectivity index (χ1) is 7.25. The molecule has 78 valence electrons. The second-order valence-electron chi connectivity index (χ2n) is 3.27. The molecule has 0 radical (unpaired) electrons. The third-order valence-corrected chi connectivity index (χ3v) is 2.81. The Morgan fingerprint density at radius 3 is 3.00 bits per heavy atom. The third-order valence-electron chi connectivity index (χ3n) is 2.07. The van der Waals surface area contributed by atoms with Crippen LogP contribution in [0.25, 0.3) is 0 Å². The van der Waals surface area contributed by atoms with Gasteiger partial charge in [0.1, 0.15) is 10.8 Å². The molecule has 2 heterocycles. The SMILES string of the molecule is CC(Nc1cc(N)ns1)c1cccnc1. The fraction of sp³-hybridized carbons (Fsp3) is 0.200. The van der Waals surface area contributed by atoms with Gasteiger partial charge in [0.15, 0.2) is 0 Å². The molecule has 0 bridgehead atoms. The van der Waals surface area contributed by atoms with Gasteiger partial charge < -0.3 is 11.1 Å². The molecule has 0 aliphatic rings. The summed E-state index contributed by atoms with van der Waals surface area (Å²) in [5.74, 6) is 0.556. The molecule has 0 aliphatic carbocycles. The van der Waals surface area contributed by atoms with Gasteiger partial charge in [-0.05, 0) is 30.1 Å². The highest BCUT2D eigenvalue weighted by atomic mass is 32.1. The fourth-order valence-corrected chi connectivity index (χ4v) is 1.95. The standard InChI is InChI=1S/C10H12N4S/c1-7(8-3-2-4-12-6-8)13-10-5-9(11)14-15-10/h2-7,13H,1H3,(H2,11,14). The molecular weight excluding hydrogens is 208 g/mol. The lowest BCUT2D eigenvalue weighted by atomic mass is 10.1. The zero-order valence-corrected chi connectivity index (χ0v) is 9.16. The molecule has 0 fully saturated rings. The molecule has 1 atom stereocenters. The van der Waals surface area contributed by atoms with Crippen LogP contribution in [0, 0.1) is 0 Å². The van der Waals surface area contributed by atoms with Crippen LogP contribution < -0.4 is 11.1 Å². The van der Waals surface area contributed by atoms with Crippen LogP contribution in [-0.2, 0) is 0 Å². The van der Waals surface area contributed by atoms with E-state index in [1.807, 2.05) is 24.4 Å². The highest BCUT2D eigenvalue weighted by Crippen LogP contribution is 2.23. The highest BCUT2D eigenvalue weighted by Gasteiger charge is 2.06. The highest BCUT2D eigenvalue weighted by molar-refractivity contribution is 7.10. The van der Waals surface area contributed by atoms with Crippen LogP contribution in [0.1, 0.15) is 18.5 Å². The van der Waals surface area contributed by atoms with Crippen molar-refractivity contribution in [2.75, 3.05) is 11.1 Å². The van der Waals surface area contributed by atoms with Crippen molar-refractivity contribution >= 4 is 22.4 Å². The Labute approximate surface area is 92.3 Å². The fourth-order valence-electron chi connectivity index (χ4n) is 1.29. The predicted octanol–water partition coefficient (Wildman–Crippen LogP) is 2.29. The number of hydrogen-bond acceptors (Lipinski definition) is 5. The first kappa shape index (κ1) is 9.92. The van der Waals surface area contributed by atoms with Crippen LogP contribution in [0.3, 0.4) is 0 Å². The second kappa shape index (κ2) is 4.27. The maximum atomic E-state index is 5.54. The Balaban J connectivity index is 2.07. The zero-order valence-electron chi connectivity index (χ0n) is 8.34. The first-order valence-corrected chi connectivity index (χ1v) is 5.41. The minimum atomic E-state index is 0.207. The molecule has 2 aromatic heterocycles. The largest absolute Gasteiger partial charge is 0.383 e. The van der Waals surface area contributed by atoms with Gasteiger partial charge >= 0.3 is 0 Å². The lowest BCUT2D eigenvalue weighted by molar-refractivity contribution is 0.880. The minimum Gasteiger partial charge on any atom is -0.383 e. The van der Waals surface area contributed by atoms with Gasteiger partial charge in [-0.2, -0.15) is 4.37 Å². The maximum absolute atomic E-state index is 5.54.